The highest BCUT2D eigenvalue weighted by atomic mass is 16.1. The second kappa shape index (κ2) is 11.5. The van der Waals surface area contributed by atoms with Crippen LogP contribution in [0, 0.1) is 0 Å². The van der Waals surface area contributed by atoms with Crippen molar-refractivity contribution in [2.24, 2.45) is 0 Å². The maximum atomic E-state index is 14.7. The maximum Gasteiger partial charge on any atom is 0.198 e. The van der Waals surface area contributed by atoms with E-state index in [1.807, 2.05) is 134 Å². The van der Waals surface area contributed by atoms with Gasteiger partial charge in [0.05, 0.1) is 27.6 Å². The van der Waals surface area contributed by atoms with Crippen LogP contribution in [0.3, 0.4) is 0 Å². The Balaban J connectivity index is 1.31. The summed E-state index contributed by atoms with van der Waals surface area (Å²) < 4.78 is 2.08. The Labute approximate surface area is 291 Å². The first-order valence-electron chi connectivity index (χ1n) is 16.7. The lowest BCUT2D eigenvalue weighted by Crippen LogP contribution is -2.08. The van der Waals surface area contributed by atoms with Gasteiger partial charge in [-0.05, 0) is 35.9 Å². The Morgan fingerprint density at radius 2 is 0.941 bits per heavy atom. The lowest BCUT2D eigenvalue weighted by Gasteiger charge is -2.11. The SMILES string of the molecule is O=c1c2cc(-c3ccccc3)cnc2n2c3ccc(-c4ccccc4)nc3c3cc(-c4nc(-c5ccccc5)nc(-c5ccccc5)n4)cc1c32. The molecule has 0 saturated heterocycles. The molecule has 0 fully saturated rings. The molecule has 0 radical (unpaired) electrons. The van der Waals surface area contributed by atoms with Crippen LogP contribution in [0.5, 0.6) is 0 Å². The van der Waals surface area contributed by atoms with Crippen LogP contribution in [0.4, 0.5) is 0 Å². The summed E-state index contributed by atoms with van der Waals surface area (Å²) >= 11 is 0. The number of hydrogen-bond donors (Lipinski definition) is 0. The summed E-state index contributed by atoms with van der Waals surface area (Å²) in [6, 6.07) is 49.9. The van der Waals surface area contributed by atoms with E-state index in [1.54, 1.807) is 0 Å². The minimum Gasteiger partial charge on any atom is -0.291 e. The van der Waals surface area contributed by atoms with E-state index in [0.717, 1.165) is 55.4 Å². The van der Waals surface area contributed by atoms with Crippen molar-refractivity contribution in [3.8, 4) is 56.5 Å². The lowest BCUT2D eigenvalue weighted by molar-refractivity contribution is 1.07. The molecule has 51 heavy (non-hydrogen) atoms. The van der Waals surface area contributed by atoms with Gasteiger partial charge >= 0.3 is 0 Å². The van der Waals surface area contributed by atoms with Gasteiger partial charge < -0.3 is 0 Å². The molecule has 0 saturated carbocycles. The van der Waals surface area contributed by atoms with Gasteiger partial charge in [0, 0.05) is 44.8 Å². The van der Waals surface area contributed by atoms with Crippen LogP contribution < -0.4 is 5.43 Å². The van der Waals surface area contributed by atoms with E-state index in [2.05, 4.69) is 28.7 Å². The number of aromatic nitrogens is 6. The average Bonchev–Trinajstić information content (AvgIpc) is 3.54. The molecule has 0 atom stereocenters. The van der Waals surface area contributed by atoms with Crippen molar-refractivity contribution < 1.29 is 0 Å². The van der Waals surface area contributed by atoms with Crippen molar-refractivity contribution in [1.82, 2.24) is 29.3 Å². The number of nitrogens with zero attached hydrogens (tertiary/aromatic N) is 6. The molecule has 0 aliphatic heterocycles. The Hall–Kier alpha value is -7.12. The molecule has 10 aromatic rings. The van der Waals surface area contributed by atoms with Crippen molar-refractivity contribution in [2.45, 2.75) is 0 Å². The topological polar surface area (TPSA) is 85.9 Å². The highest BCUT2D eigenvalue weighted by molar-refractivity contribution is 6.17. The summed E-state index contributed by atoms with van der Waals surface area (Å²) in [6.45, 7) is 0. The van der Waals surface area contributed by atoms with Crippen LogP contribution in [0.1, 0.15) is 0 Å². The molecule has 0 unspecified atom stereocenters. The lowest BCUT2D eigenvalue weighted by atomic mass is 10.0. The Morgan fingerprint density at radius 1 is 0.431 bits per heavy atom. The van der Waals surface area contributed by atoms with Gasteiger partial charge in [-0.3, -0.25) is 9.20 Å². The van der Waals surface area contributed by atoms with Gasteiger partial charge in [0.2, 0.25) is 0 Å². The number of benzene rings is 5. The van der Waals surface area contributed by atoms with Gasteiger partial charge in [0.15, 0.2) is 22.9 Å². The fraction of sp³-hybridized carbons (Fsp3) is 0. The zero-order chi connectivity index (χ0) is 33.9. The van der Waals surface area contributed by atoms with E-state index in [0.29, 0.717) is 39.5 Å². The van der Waals surface area contributed by atoms with Crippen LogP contribution >= 0.6 is 0 Å². The van der Waals surface area contributed by atoms with Crippen molar-refractivity contribution in [3.63, 3.8) is 0 Å². The first kappa shape index (κ1) is 28.9. The molecule has 0 aliphatic rings. The molecular weight excluding hydrogens is 629 g/mol. The number of pyridine rings is 3. The number of hydrogen-bond acceptors (Lipinski definition) is 6. The van der Waals surface area contributed by atoms with E-state index < -0.39 is 0 Å². The highest BCUT2D eigenvalue weighted by Crippen LogP contribution is 2.37. The van der Waals surface area contributed by atoms with Gasteiger partial charge in [-0.15, -0.1) is 0 Å². The quantitative estimate of drug-likeness (QED) is 0.172. The first-order valence-corrected chi connectivity index (χ1v) is 16.7. The van der Waals surface area contributed by atoms with E-state index in [4.69, 9.17) is 24.9 Å². The van der Waals surface area contributed by atoms with Gasteiger partial charge in [-0.25, -0.2) is 24.9 Å². The van der Waals surface area contributed by atoms with Crippen molar-refractivity contribution in [3.05, 3.63) is 168 Å². The van der Waals surface area contributed by atoms with E-state index in [-0.39, 0.29) is 5.43 Å². The summed E-state index contributed by atoms with van der Waals surface area (Å²) in [6.07, 6.45) is 1.84. The summed E-state index contributed by atoms with van der Waals surface area (Å²) in [5.74, 6) is 1.57. The molecule has 0 N–H and O–H groups in total. The van der Waals surface area contributed by atoms with Crippen LogP contribution in [-0.2, 0) is 0 Å². The van der Waals surface area contributed by atoms with Crippen molar-refractivity contribution >= 4 is 38.4 Å². The van der Waals surface area contributed by atoms with Crippen LogP contribution in [-0.4, -0.2) is 29.3 Å². The maximum absolute atomic E-state index is 14.7. The summed E-state index contributed by atoms with van der Waals surface area (Å²) in [5, 5.41) is 1.90. The molecule has 0 amide bonds. The normalized spacial score (nSPS) is 11.6. The molecule has 7 nitrogen and oxygen atoms in total. The summed E-state index contributed by atoms with van der Waals surface area (Å²) in [4.78, 5) is 39.7. The first-order chi connectivity index (χ1) is 25.2. The molecular formula is C44H26N6O. The van der Waals surface area contributed by atoms with Crippen LogP contribution in [0.2, 0.25) is 0 Å². The standard InChI is InChI=1S/C44H26N6O/c51-40-34-24-31(43-48-41(29-17-9-3-10-18-29)47-42(49-43)30-19-11-4-12-20-30)23-33-38-37(22-21-36(46-38)28-15-7-2-8-16-28)50(39(33)34)44-35(40)25-32(26-45-44)27-13-5-1-6-14-27/h1-26H. The predicted molar refractivity (Wildman–Crippen MR) is 204 cm³/mol. The minimum absolute atomic E-state index is 0.110. The molecule has 7 heteroatoms. The summed E-state index contributed by atoms with van der Waals surface area (Å²) in [5.41, 5.74) is 9.03. The minimum atomic E-state index is -0.110. The third kappa shape index (κ3) is 4.75. The molecule has 0 bridgehead atoms. The van der Waals surface area contributed by atoms with E-state index in [9.17, 15) is 4.79 Å². The monoisotopic (exact) mass is 654 g/mol. The van der Waals surface area contributed by atoms with Gasteiger partial charge in [0.25, 0.3) is 0 Å². The Bertz CT molecular complexity index is 2910. The molecule has 5 aromatic heterocycles. The fourth-order valence-corrected chi connectivity index (χ4v) is 6.97. The number of fused-ring (bicyclic) bond motifs is 5. The average molecular weight is 655 g/mol. The molecule has 0 spiro atoms. The van der Waals surface area contributed by atoms with Crippen LogP contribution in [0.25, 0.3) is 94.9 Å². The fourth-order valence-electron chi connectivity index (χ4n) is 6.97. The largest absolute Gasteiger partial charge is 0.291 e. The predicted octanol–water partition coefficient (Wildman–Crippen LogP) is 9.51. The zero-order valence-electron chi connectivity index (χ0n) is 27.1. The van der Waals surface area contributed by atoms with Gasteiger partial charge in [-0.1, -0.05) is 121 Å². The van der Waals surface area contributed by atoms with E-state index in [1.165, 1.54) is 0 Å². The molecule has 0 aliphatic carbocycles. The van der Waals surface area contributed by atoms with E-state index >= 15 is 0 Å². The molecule has 5 aromatic carbocycles. The van der Waals surface area contributed by atoms with Gasteiger partial charge in [-0.2, -0.15) is 0 Å². The van der Waals surface area contributed by atoms with Gasteiger partial charge in [0.1, 0.15) is 5.65 Å². The third-order valence-electron chi connectivity index (χ3n) is 9.41. The van der Waals surface area contributed by atoms with Crippen LogP contribution in [0.15, 0.2) is 163 Å². The number of rotatable bonds is 5. The van der Waals surface area contributed by atoms with Crippen molar-refractivity contribution in [1.29, 1.82) is 0 Å². The smallest absolute Gasteiger partial charge is 0.198 e. The highest BCUT2D eigenvalue weighted by Gasteiger charge is 2.22. The molecule has 10 rings (SSSR count). The second-order valence-electron chi connectivity index (χ2n) is 12.5. The van der Waals surface area contributed by atoms with Crippen molar-refractivity contribution in [2.75, 3.05) is 0 Å². The Kier molecular flexibility index (Phi) is 6.50. The second-order valence-corrected chi connectivity index (χ2v) is 12.5. The molecule has 5 heterocycles. The Morgan fingerprint density at radius 3 is 1.55 bits per heavy atom. The molecule has 238 valence electrons. The third-order valence-corrected chi connectivity index (χ3v) is 9.41. The summed E-state index contributed by atoms with van der Waals surface area (Å²) in [7, 11) is 0. The zero-order valence-corrected chi connectivity index (χ0v) is 27.1.